The first-order valence-corrected chi connectivity index (χ1v) is 12.5. The Hall–Kier alpha value is -2.16. The average Bonchev–Trinajstić information content (AvgIpc) is 3.38. The van der Waals surface area contributed by atoms with Crippen LogP contribution in [0.4, 0.5) is 5.00 Å². The molecule has 2 aromatic carbocycles. The van der Waals surface area contributed by atoms with Gasteiger partial charge in [0.15, 0.2) is 0 Å². The summed E-state index contributed by atoms with van der Waals surface area (Å²) in [6.45, 7) is 5.09. The fraction of sp³-hybridized carbons (Fsp3) is 0.250. The van der Waals surface area contributed by atoms with Gasteiger partial charge in [0.1, 0.15) is 15.8 Å². The number of fused-ring (bicyclic) bond motifs is 2. The zero-order valence-electron chi connectivity index (χ0n) is 18.2. The van der Waals surface area contributed by atoms with Gasteiger partial charge in [-0.15, -0.1) is 35.1 Å². The number of amides is 1. The predicted octanol–water partition coefficient (Wildman–Crippen LogP) is 6.74. The molecule has 1 aliphatic heterocycles. The molecule has 1 aliphatic rings. The summed E-state index contributed by atoms with van der Waals surface area (Å²) in [4.78, 5) is 21.9. The lowest BCUT2D eigenvalue weighted by atomic mass is 10.0. The lowest BCUT2D eigenvalue weighted by molar-refractivity contribution is 0.102. The summed E-state index contributed by atoms with van der Waals surface area (Å²) < 4.78 is 6.53. The highest BCUT2D eigenvalue weighted by Crippen LogP contribution is 2.46. The molecule has 3 heterocycles. The fourth-order valence-corrected chi connectivity index (χ4v) is 6.62. The Balaban J connectivity index is 0.00000259. The number of nitrogens with zero attached hydrogens (tertiary/aromatic N) is 2. The minimum atomic E-state index is -0.238. The fourth-order valence-electron chi connectivity index (χ4n) is 4.05. The van der Waals surface area contributed by atoms with Gasteiger partial charge in [-0.05, 0) is 48.9 Å². The molecule has 9 heteroatoms. The zero-order valence-corrected chi connectivity index (χ0v) is 21.4. The lowest BCUT2D eigenvalue weighted by Gasteiger charge is -2.25. The van der Waals surface area contributed by atoms with E-state index in [2.05, 4.69) is 23.2 Å². The van der Waals surface area contributed by atoms with Crippen LogP contribution in [0.5, 0.6) is 5.75 Å². The second-order valence-electron chi connectivity index (χ2n) is 7.61. The molecule has 0 saturated carbocycles. The maximum Gasteiger partial charge on any atom is 0.260 e. The highest BCUT2D eigenvalue weighted by atomic mass is 35.5. The molecule has 4 aromatic rings. The number of halogens is 2. The molecule has 0 aliphatic carbocycles. The quantitative estimate of drug-likeness (QED) is 0.317. The van der Waals surface area contributed by atoms with Crippen molar-refractivity contribution in [2.24, 2.45) is 0 Å². The molecule has 0 spiro atoms. The Kier molecular flexibility index (Phi) is 7.26. The Morgan fingerprint density at radius 1 is 1.24 bits per heavy atom. The number of thiophene rings is 1. The maximum absolute atomic E-state index is 13.3. The number of methoxy groups -OCH3 is 1. The van der Waals surface area contributed by atoms with E-state index in [4.69, 9.17) is 21.3 Å². The van der Waals surface area contributed by atoms with Crippen LogP contribution < -0.4 is 10.1 Å². The molecule has 33 heavy (non-hydrogen) atoms. The number of hydrogen-bond donors (Lipinski definition) is 1. The molecular formula is C24H23Cl2N3O2S2. The summed E-state index contributed by atoms with van der Waals surface area (Å²) in [5.41, 5.74) is 3.74. The van der Waals surface area contributed by atoms with Crippen molar-refractivity contribution in [1.29, 1.82) is 0 Å². The maximum atomic E-state index is 13.3. The lowest BCUT2D eigenvalue weighted by Crippen LogP contribution is -2.29. The van der Waals surface area contributed by atoms with Crippen LogP contribution in [-0.4, -0.2) is 36.0 Å². The number of carbonyl (C=O) groups is 1. The van der Waals surface area contributed by atoms with E-state index in [1.165, 1.54) is 10.4 Å². The highest BCUT2D eigenvalue weighted by Gasteiger charge is 2.28. The van der Waals surface area contributed by atoms with Gasteiger partial charge in [-0.3, -0.25) is 9.69 Å². The normalized spacial score (nSPS) is 13.4. The second kappa shape index (κ2) is 9.99. The largest absolute Gasteiger partial charge is 0.496 e. The Bertz CT molecular complexity index is 1290. The number of thiazole rings is 1. The third-order valence-corrected chi connectivity index (χ3v) is 8.15. The predicted molar refractivity (Wildman–Crippen MR) is 141 cm³/mol. The van der Waals surface area contributed by atoms with Crippen molar-refractivity contribution in [3.63, 3.8) is 0 Å². The van der Waals surface area contributed by atoms with Crippen molar-refractivity contribution in [2.75, 3.05) is 25.5 Å². The molecule has 0 saturated heterocycles. The van der Waals surface area contributed by atoms with Crippen LogP contribution in [-0.2, 0) is 13.0 Å². The second-order valence-corrected chi connectivity index (χ2v) is 10.2. The van der Waals surface area contributed by atoms with Gasteiger partial charge in [-0.1, -0.05) is 30.7 Å². The molecule has 0 unspecified atom stereocenters. The number of nitrogens with one attached hydrogen (secondary N) is 1. The molecule has 5 rings (SSSR count). The molecule has 172 valence electrons. The van der Waals surface area contributed by atoms with Crippen LogP contribution >= 0.6 is 46.7 Å². The first-order chi connectivity index (χ1) is 15.6. The van der Waals surface area contributed by atoms with Gasteiger partial charge in [-0.25, -0.2) is 4.98 Å². The van der Waals surface area contributed by atoms with Gasteiger partial charge in [0.2, 0.25) is 0 Å². The number of anilines is 1. The molecule has 5 nitrogen and oxygen atoms in total. The van der Waals surface area contributed by atoms with Crippen LogP contribution in [0.3, 0.4) is 0 Å². The number of ether oxygens (including phenoxy) is 1. The number of rotatable bonds is 5. The van der Waals surface area contributed by atoms with Gasteiger partial charge in [0.25, 0.3) is 5.91 Å². The minimum absolute atomic E-state index is 0. The van der Waals surface area contributed by atoms with E-state index < -0.39 is 0 Å². The Labute approximate surface area is 211 Å². The molecular weight excluding hydrogens is 497 g/mol. The molecule has 0 bridgehead atoms. The standard InChI is InChI=1S/C24H22ClN3O2S2.ClH/c1-3-28-11-10-15-20(13-28)32-24(21(15)23-26-17-6-4-5-7-19(17)31-23)27-22(29)16-12-14(25)8-9-18(16)30-2;/h4-9,12H,3,10-11,13H2,1-2H3,(H,27,29);1H. The van der Waals surface area contributed by atoms with E-state index in [9.17, 15) is 4.79 Å². The number of hydrogen-bond acceptors (Lipinski definition) is 6. The van der Waals surface area contributed by atoms with Crippen LogP contribution in [0.15, 0.2) is 42.5 Å². The van der Waals surface area contributed by atoms with Gasteiger partial charge in [0.05, 0.1) is 22.9 Å². The van der Waals surface area contributed by atoms with Gasteiger partial charge in [-0.2, -0.15) is 0 Å². The third-order valence-electron chi connectivity index (χ3n) is 5.72. The van der Waals surface area contributed by atoms with E-state index in [0.29, 0.717) is 16.3 Å². The summed E-state index contributed by atoms with van der Waals surface area (Å²) in [6, 6.07) is 13.2. The summed E-state index contributed by atoms with van der Waals surface area (Å²) in [5, 5.41) is 5.42. The van der Waals surface area contributed by atoms with E-state index in [0.717, 1.165) is 51.8 Å². The van der Waals surface area contributed by atoms with E-state index >= 15 is 0 Å². The van der Waals surface area contributed by atoms with E-state index in [-0.39, 0.29) is 18.3 Å². The molecule has 0 radical (unpaired) electrons. The van der Waals surface area contributed by atoms with Crippen molar-refractivity contribution in [3.8, 4) is 16.3 Å². The van der Waals surface area contributed by atoms with Crippen LogP contribution in [0.25, 0.3) is 20.8 Å². The minimum Gasteiger partial charge on any atom is -0.496 e. The van der Waals surface area contributed by atoms with Gasteiger partial charge in [0, 0.05) is 28.6 Å². The van der Waals surface area contributed by atoms with Gasteiger partial charge < -0.3 is 10.1 Å². The average molecular weight is 521 g/mol. The van der Waals surface area contributed by atoms with E-state index in [1.54, 1.807) is 48.0 Å². The summed E-state index contributed by atoms with van der Waals surface area (Å²) >= 11 is 9.47. The molecule has 0 fully saturated rings. The van der Waals surface area contributed by atoms with Crippen molar-refractivity contribution in [3.05, 3.63) is 63.5 Å². The first-order valence-electron chi connectivity index (χ1n) is 10.4. The van der Waals surface area contributed by atoms with Gasteiger partial charge >= 0.3 is 0 Å². The third kappa shape index (κ3) is 4.61. The summed E-state index contributed by atoms with van der Waals surface area (Å²) in [5.74, 6) is 0.254. The number of likely N-dealkylation sites (N-methyl/N-ethyl adjacent to an activating group) is 1. The monoisotopic (exact) mass is 519 g/mol. The number of para-hydroxylation sites is 1. The Morgan fingerprint density at radius 2 is 2.06 bits per heavy atom. The van der Waals surface area contributed by atoms with E-state index in [1.807, 2.05) is 18.2 Å². The number of carbonyl (C=O) groups excluding carboxylic acids is 1. The molecule has 1 amide bonds. The molecule has 0 atom stereocenters. The highest BCUT2D eigenvalue weighted by molar-refractivity contribution is 7.23. The zero-order chi connectivity index (χ0) is 22.2. The number of benzene rings is 2. The topological polar surface area (TPSA) is 54.5 Å². The smallest absolute Gasteiger partial charge is 0.260 e. The summed E-state index contributed by atoms with van der Waals surface area (Å²) in [6.07, 6.45) is 0.946. The summed E-state index contributed by atoms with van der Waals surface area (Å²) in [7, 11) is 1.55. The van der Waals surface area contributed by atoms with Crippen molar-refractivity contribution in [1.82, 2.24) is 9.88 Å². The van der Waals surface area contributed by atoms with Crippen molar-refractivity contribution in [2.45, 2.75) is 19.9 Å². The first kappa shape index (κ1) is 24.0. The van der Waals surface area contributed by atoms with Crippen LogP contribution in [0.1, 0.15) is 27.7 Å². The SMILES string of the molecule is CCN1CCc2c(sc(NC(=O)c3cc(Cl)ccc3OC)c2-c2nc3ccccc3s2)C1.Cl. The Morgan fingerprint density at radius 3 is 2.82 bits per heavy atom. The van der Waals surface area contributed by atoms with Crippen molar-refractivity contribution < 1.29 is 9.53 Å². The van der Waals surface area contributed by atoms with Crippen molar-refractivity contribution >= 4 is 67.8 Å². The van der Waals surface area contributed by atoms with Crippen LogP contribution in [0.2, 0.25) is 5.02 Å². The molecule has 1 N–H and O–H groups in total. The van der Waals surface area contributed by atoms with Crippen LogP contribution in [0, 0.1) is 0 Å². The number of aromatic nitrogens is 1. The molecule has 2 aromatic heterocycles.